The van der Waals surface area contributed by atoms with Gasteiger partial charge in [-0.05, 0) is 66.9 Å². The number of anilines is 2. The molecule has 0 radical (unpaired) electrons. The summed E-state index contributed by atoms with van der Waals surface area (Å²) >= 11 is 0. The first-order valence-corrected chi connectivity index (χ1v) is 9.84. The largest absolute Gasteiger partial charge is 0.350 e. The number of nitrogens with zero attached hydrogens (tertiary/aromatic N) is 2. The van der Waals surface area contributed by atoms with Crippen LogP contribution in [0.25, 0.3) is 5.57 Å². The van der Waals surface area contributed by atoms with Crippen LogP contribution in [0.15, 0.2) is 66.4 Å². The number of hydrogen-bond donors (Lipinski definition) is 1. The average molecular weight is 449 g/mol. The van der Waals surface area contributed by atoms with Gasteiger partial charge < -0.3 is 5.32 Å². The third kappa shape index (κ3) is 4.08. The smallest absolute Gasteiger partial charge is 0.282 e. The Morgan fingerprint density at radius 2 is 1.52 bits per heavy atom. The summed E-state index contributed by atoms with van der Waals surface area (Å²) in [5.74, 6) is -3.53. The molecule has 0 fully saturated rings. The van der Waals surface area contributed by atoms with E-state index in [2.05, 4.69) is 5.32 Å². The minimum Gasteiger partial charge on any atom is -0.350 e. The molecule has 4 rings (SSSR count). The lowest BCUT2D eigenvalue weighted by atomic mass is 10.0. The van der Waals surface area contributed by atoms with Gasteiger partial charge in [-0.3, -0.25) is 19.7 Å². The number of carbonyl (C=O) groups excluding carboxylic acids is 2. The van der Waals surface area contributed by atoms with Crippen LogP contribution in [0.4, 0.5) is 25.8 Å². The minimum atomic E-state index is -0.950. The molecule has 1 heterocycles. The number of nitrogens with one attached hydrogen (secondary N) is 1. The van der Waals surface area contributed by atoms with E-state index in [0.29, 0.717) is 10.6 Å². The Morgan fingerprint density at radius 1 is 0.879 bits per heavy atom. The molecule has 2 amide bonds. The van der Waals surface area contributed by atoms with E-state index in [4.69, 9.17) is 0 Å². The Morgan fingerprint density at radius 3 is 2.12 bits per heavy atom. The second-order valence-corrected chi connectivity index (χ2v) is 7.60. The van der Waals surface area contributed by atoms with E-state index in [-0.39, 0.29) is 22.5 Å². The highest BCUT2D eigenvalue weighted by atomic mass is 19.1. The first kappa shape index (κ1) is 21.8. The predicted molar refractivity (Wildman–Crippen MR) is 118 cm³/mol. The molecular weight excluding hydrogens is 432 g/mol. The fourth-order valence-corrected chi connectivity index (χ4v) is 3.73. The fourth-order valence-electron chi connectivity index (χ4n) is 3.73. The molecule has 33 heavy (non-hydrogen) atoms. The van der Waals surface area contributed by atoms with Gasteiger partial charge in [0.15, 0.2) is 0 Å². The van der Waals surface area contributed by atoms with Crippen molar-refractivity contribution in [3.05, 3.63) is 105 Å². The molecule has 0 atom stereocenters. The van der Waals surface area contributed by atoms with E-state index in [9.17, 15) is 28.5 Å². The molecule has 0 saturated carbocycles. The number of aryl methyl sites for hydroxylation is 2. The zero-order valence-corrected chi connectivity index (χ0v) is 17.6. The zero-order valence-electron chi connectivity index (χ0n) is 17.6. The van der Waals surface area contributed by atoms with Gasteiger partial charge in [-0.1, -0.05) is 6.07 Å². The first-order chi connectivity index (χ1) is 15.7. The summed E-state index contributed by atoms with van der Waals surface area (Å²) < 4.78 is 28.3. The van der Waals surface area contributed by atoms with Crippen molar-refractivity contribution in [1.29, 1.82) is 0 Å². The van der Waals surface area contributed by atoms with Crippen molar-refractivity contribution in [2.45, 2.75) is 13.8 Å². The van der Waals surface area contributed by atoms with Crippen LogP contribution in [0.3, 0.4) is 0 Å². The lowest BCUT2D eigenvalue weighted by Gasteiger charge is -2.16. The molecule has 9 heteroatoms. The molecule has 0 unspecified atom stereocenters. The molecule has 0 aromatic heterocycles. The number of halogens is 2. The van der Waals surface area contributed by atoms with Crippen molar-refractivity contribution in [3.8, 4) is 0 Å². The van der Waals surface area contributed by atoms with Crippen molar-refractivity contribution in [2.75, 3.05) is 10.2 Å². The molecule has 0 saturated heterocycles. The monoisotopic (exact) mass is 449 g/mol. The highest BCUT2D eigenvalue weighted by molar-refractivity contribution is 6.46. The number of nitro groups is 1. The van der Waals surface area contributed by atoms with Gasteiger partial charge in [0.1, 0.15) is 17.3 Å². The normalized spacial score (nSPS) is 13.6. The van der Waals surface area contributed by atoms with Crippen molar-refractivity contribution in [1.82, 2.24) is 0 Å². The molecule has 1 N–H and O–H groups in total. The van der Waals surface area contributed by atoms with Gasteiger partial charge in [0, 0.05) is 23.9 Å². The maximum absolute atomic E-state index is 14.5. The van der Waals surface area contributed by atoms with Crippen LogP contribution in [0.2, 0.25) is 0 Å². The molecular formula is C24H17F2N3O4. The van der Waals surface area contributed by atoms with Crippen LogP contribution in [0, 0.1) is 35.6 Å². The van der Waals surface area contributed by atoms with Gasteiger partial charge in [-0.2, -0.15) is 0 Å². The van der Waals surface area contributed by atoms with Gasteiger partial charge >= 0.3 is 0 Å². The third-order valence-electron chi connectivity index (χ3n) is 5.09. The van der Waals surface area contributed by atoms with Gasteiger partial charge in [0.2, 0.25) is 0 Å². The van der Waals surface area contributed by atoms with Crippen LogP contribution < -0.4 is 10.2 Å². The SMILES string of the molecule is Cc1cc(C)cc(NC2=C(c3ccc([N+](=O)[O-])cc3)C(=O)N(c3cc(F)ccc3F)C2=O)c1. The highest BCUT2D eigenvalue weighted by Gasteiger charge is 2.41. The van der Waals surface area contributed by atoms with Crippen LogP contribution in [-0.4, -0.2) is 16.7 Å². The summed E-state index contributed by atoms with van der Waals surface area (Å²) in [6.45, 7) is 3.72. The lowest BCUT2D eigenvalue weighted by molar-refractivity contribution is -0.384. The van der Waals surface area contributed by atoms with Crippen LogP contribution in [0.5, 0.6) is 0 Å². The maximum Gasteiger partial charge on any atom is 0.282 e. The van der Waals surface area contributed by atoms with Crippen molar-refractivity contribution in [2.24, 2.45) is 0 Å². The van der Waals surface area contributed by atoms with Crippen LogP contribution >= 0.6 is 0 Å². The molecule has 0 bridgehead atoms. The van der Waals surface area contributed by atoms with E-state index in [1.54, 1.807) is 12.1 Å². The molecule has 3 aromatic rings. The zero-order chi connectivity index (χ0) is 23.9. The second kappa shape index (κ2) is 8.27. The molecule has 7 nitrogen and oxygen atoms in total. The molecule has 1 aliphatic rings. The third-order valence-corrected chi connectivity index (χ3v) is 5.09. The molecule has 0 spiro atoms. The number of non-ortho nitro benzene ring substituents is 1. The van der Waals surface area contributed by atoms with Crippen molar-refractivity contribution < 1.29 is 23.3 Å². The first-order valence-electron chi connectivity index (χ1n) is 9.84. The Balaban J connectivity index is 1.86. The highest BCUT2D eigenvalue weighted by Crippen LogP contribution is 2.35. The lowest BCUT2D eigenvalue weighted by Crippen LogP contribution is -2.33. The van der Waals surface area contributed by atoms with Crippen molar-refractivity contribution >= 4 is 34.4 Å². The van der Waals surface area contributed by atoms with E-state index < -0.39 is 34.1 Å². The van der Waals surface area contributed by atoms with Crippen molar-refractivity contribution in [3.63, 3.8) is 0 Å². The number of nitro benzene ring substituents is 1. The van der Waals surface area contributed by atoms with Gasteiger partial charge in [0.05, 0.1) is 16.2 Å². The summed E-state index contributed by atoms with van der Waals surface area (Å²) in [6.07, 6.45) is 0. The maximum atomic E-state index is 14.5. The van der Waals surface area contributed by atoms with E-state index in [1.165, 1.54) is 24.3 Å². The molecule has 0 aliphatic carbocycles. The summed E-state index contributed by atoms with van der Waals surface area (Å²) in [5, 5.41) is 13.9. The van der Waals surface area contributed by atoms with E-state index in [0.717, 1.165) is 29.3 Å². The summed E-state index contributed by atoms with van der Waals surface area (Å²) in [7, 11) is 0. The Labute approximate surface area is 187 Å². The van der Waals surface area contributed by atoms with Gasteiger partial charge in [-0.25, -0.2) is 13.7 Å². The Bertz CT molecular complexity index is 1330. The second-order valence-electron chi connectivity index (χ2n) is 7.60. The summed E-state index contributed by atoms with van der Waals surface area (Å²) in [6, 6.07) is 13.0. The summed E-state index contributed by atoms with van der Waals surface area (Å²) in [5.41, 5.74) is 1.55. The molecule has 3 aromatic carbocycles. The number of amides is 2. The minimum absolute atomic E-state index is 0.113. The van der Waals surface area contributed by atoms with Crippen LogP contribution in [-0.2, 0) is 9.59 Å². The fraction of sp³-hybridized carbons (Fsp3) is 0.0833. The quantitative estimate of drug-likeness (QED) is 0.340. The predicted octanol–water partition coefficient (Wildman–Crippen LogP) is 4.89. The molecule has 166 valence electrons. The topological polar surface area (TPSA) is 92.6 Å². The average Bonchev–Trinajstić information content (AvgIpc) is 2.98. The van der Waals surface area contributed by atoms with E-state index in [1.807, 2.05) is 19.9 Å². The number of carbonyl (C=O) groups is 2. The number of imide groups is 1. The summed E-state index contributed by atoms with van der Waals surface area (Å²) in [4.78, 5) is 37.6. The molecule has 1 aliphatic heterocycles. The number of benzene rings is 3. The van der Waals surface area contributed by atoms with E-state index >= 15 is 0 Å². The van der Waals surface area contributed by atoms with Gasteiger partial charge in [0.25, 0.3) is 17.5 Å². The Kier molecular flexibility index (Phi) is 5.47. The van der Waals surface area contributed by atoms with Crippen LogP contribution in [0.1, 0.15) is 16.7 Å². The standard InChI is InChI=1S/C24H17F2N3O4/c1-13-9-14(2)11-17(10-13)27-22-21(15-3-6-18(7-4-15)29(32)33)23(30)28(24(22)31)20-12-16(25)5-8-19(20)26/h3-12,27H,1-2H3. The Hall–Kier alpha value is -4.40. The number of hydrogen-bond acceptors (Lipinski definition) is 5. The van der Waals surface area contributed by atoms with Gasteiger partial charge in [-0.15, -0.1) is 0 Å². The number of rotatable bonds is 5.